The molecule has 0 aliphatic carbocycles. The Morgan fingerprint density at radius 2 is 1.59 bits per heavy atom. The van der Waals surface area contributed by atoms with Crippen LogP contribution in [0.15, 0.2) is 71.8 Å². The van der Waals surface area contributed by atoms with Crippen molar-refractivity contribution >= 4 is 22.4 Å². The Kier molecular flexibility index (Phi) is 5.26. The van der Waals surface area contributed by atoms with Crippen LogP contribution in [0.25, 0.3) is 10.8 Å². The van der Waals surface area contributed by atoms with Crippen LogP contribution in [0, 0.1) is 0 Å². The molecule has 4 nitrogen and oxygen atoms in total. The van der Waals surface area contributed by atoms with E-state index in [1.165, 1.54) is 5.56 Å². The van der Waals surface area contributed by atoms with Crippen LogP contribution in [0.4, 0.5) is 0 Å². The van der Waals surface area contributed by atoms with Crippen LogP contribution >= 0.6 is 0 Å². The first kappa shape index (κ1) is 18.6. The Bertz CT molecular complexity index is 992. The maximum Gasteiger partial charge on any atom is 0.275 e. The quantitative estimate of drug-likeness (QED) is 0.496. The lowest BCUT2D eigenvalue weighted by molar-refractivity contribution is 0.0952. The second-order valence-corrected chi connectivity index (χ2v) is 7.43. The van der Waals surface area contributed by atoms with Crippen LogP contribution in [0.5, 0.6) is 5.75 Å². The van der Waals surface area contributed by atoms with E-state index in [0.29, 0.717) is 6.42 Å². The van der Waals surface area contributed by atoms with Crippen LogP contribution in [0.3, 0.4) is 0 Å². The summed E-state index contributed by atoms with van der Waals surface area (Å²) in [6.45, 7) is 6.20. The molecular formula is C23H24N2O2. The van der Waals surface area contributed by atoms with Crippen molar-refractivity contribution in [3.05, 3.63) is 77.9 Å². The molecule has 0 saturated heterocycles. The Morgan fingerprint density at radius 1 is 1.00 bits per heavy atom. The molecule has 3 rings (SSSR count). The van der Waals surface area contributed by atoms with Crippen molar-refractivity contribution in [3.63, 3.8) is 0 Å². The van der Waals surface area contributed by atoms with Crippen molar-refractivity contribution in [3.8, 4) is 5.75 Å². The Balaban J connectivity index is 1.73. The molecule has 0 aliphatic rings. The van der Waals surface area contributed by atoms with Crippen molar-refractivity contribution in [1.29, 1.82) is 0 Å². The predicted octanol–water partition coefficient (Wildman–Crippen LogP) is 5.02. The van der Waals surface area contributed by atoms with Gasteiger partial charge in [-0.1, -0.05) is 68.4 Å². The Morgan fingerprint density at radius 3 is 2.26 bits per heavy atom. The highest BCUT2D eigenvalue weighted by molar-refractivity contribution is 6.01. The van der Waals surface area contributed by atoms with Gasteiger partial charge >= 0.3 is 0 Å². The first-order valence-electron chi connectivity index (χ1n) is 8.97. The van der Waals surface area contributed by atoms with Crippen molar-refractivity contribution in [2.75, 3.05) is 0 Å². The fourth-order valence-electron chi connectivity index (χ4n) is 3.29. The minimum Gasteiger partial charge on any atom is -0.507 e. The summed E-state index contributed by atoms with van der Waals surface area (Å²) in [7, 11) is 0. The second kappa shape index (κ2) is 7.62. The van der Waals surface area contributed by atoms with Gasteiger partial charge in [-0.25, -0.2) is 5.43 Å². The van der Waals surface area contributed by atoms with Gasteiger partial charge in [-0.2, -0.15) is 5.10 Å². The van der Waals surface area contributed by atoms with Crippen molar-refractivity contribution in [2.45, 2.75) is 32.6 Å². The minimum atomic E-state index is -0.421. The van der Waals surface area contributed by atoms with E-state index in [9.17, 15) is 9.90 Å². The summed E-state index contributed by atoms with van der Waals surface area (Å²) in [5, 5.41) is 16.2. The number of nitrogens with zero attached hydrogens (tertiary/aromatic N) is 1. The summed E-state index contributed by atoms with van der Waals surface area (Å²) in [6, 6.07) is 21.1. The van der Waals surface area contributed by atoms with Crippen LogP contribution < -0.4 is 5.43 Å². The average Bonchev–Trinajstić information content (AvgIpc) is 2.66. The highest BCUT2D eigenvalue weighted by Crippen LogP contribution is 2.27. The normalized spacial score (nSPS) is 12.2. The largest absolute Gasteiger partial charge is 0.507 e. The number of hydrazone groups is 1. The molecule has 0 aromatic heterocycles. The SMILES string of the molecule is CC(CC(C)(C)c1ccccc1)=NNC(=O)c1cc2ccccc2cc1O. The lowest BCUT2D eigenvalue weighted by Crippen LogP contribution is -2.24. The van der Waals surface area contributed by atoms with E-state index in [0.717, 1.165) is 16.5 Å². The number of phenols is 1. The summed E-state index contributed by atoms with van der Waals surface area (Å²) in [5.74, 6) is -0.473. The standard InChI is InChI=1S/C23H24N2O2/c1-16(15-23(2,3)19-11-5-4-6-12-19)24-25-22(27)20-13-17-9-7-8-10-18(17)14-21(20)26/h4-14,26H,15H2,1-3H3,(H,25,27). The zero-order valence-corrected chi connectivity index (χ0v) is 15.9. The zero-order valence-electron chi connectivity index (χ0n) is 15.9. The van der Waals surface area contributed by atoms with Gasteiger partial charge in [0.15, 0.2) is 0 Å². The van der Waals surface area contributed by atoms with Gasteiger partial charge in [0, 0.05) is 5.71 Å². The average molecular weight is 360 g/mol. The van der Waals surface area contributed by atoms with Gasteiger partial charge in [0.05, 0.1) is 5.56 Å². The van der Waals surface area contributed by atoms with E-state index < -0.39 is 5.91 Å². The maximum atomic E-state index is 12.5. The van der Waals surface area contributed by atoms with Crippen molar-refractivity contribution in [1.82, 2.24) is 5.43 Å². The number of fused-ring (bicyclic) bond motifs is 1. The number of hydrogen-bond donors (Lipinski definition) is 2. The molecule has 0 saturated carbocycles. The van der Waals surface area contributed by atoms with Crippen molar-refractivity contribution < 1.29 is 9.90 Å². The molecule has 3 aromatic rings. The molecule has 0 atom stereocenters. The fourth-order valence-corrected chi connectivity index (χ4v) is 3.29. The van der Waals surface area contributed by atoms with Gasteiger partial charge in [-0.3, -0.25) is 4.79 Å². The van der Waals surface area contributed by atoms with E-state index in [2.05, 4.69) is 36.5 Å². The fraction of sp³-hybridized carbons (Fsp3) is 0.217. The first-order valence-corrected chi connectivity index (χ1v) is 8.97. The second-order valence-electron chi connectivity index (χ2n) is 7.43. The third kappa shape index (κ3) is 4.34. The van der Waals surface area contributed by atoms with E-state index in [1.54, 1.807) is 12.1 Å². The summed E-state index contributed by atoms with van der Waals surface area (Å²) >= 11 is 0. The molecule has 1 amide bonds. The number of carbonyl (C=O) groups excluding carboxylic acids is 1. The molecule has 3 aromatic carbocycles. The molecule has 0 aliphatic heterocycles. The monoisotopic (exact) mass is 360 g/mol. The van der Waals surface area contributed by atoms with Crippen LogP contribution in [0.2, 0.25) is 0 Å². The third-order valence-electron chi connectivity index (χ3n) is 4.71. The molecule has 0 bridgehead atoms. The van der Waals surface area contributed by atoms with Gasteiger partial charge in [0.1, 0.15) is 5.75 Å². The summed E-state index contributed by atoms with van der Waals surface area (Å²) in [6.07, 6.45) is 0.709. The molecule has 4 heteroatoms. The topological polar surface area (TPSA) is 61.7 Å². The van der Waals surface area contributed by atoms with Gasteiger partial charge < -0.3 is 5.11 Å². The van der Waals surface area contributed by atoms with Crippen LogP contribution in [0.1, 0.15) is 43.1 Å². The predicted molar refractivity (Wildman–Crippen MR) is 110 cm³/mol. The van der Waals surface area contributed by atoms with Gasteiger partial charge in [-0.15, -0.1) is 0 Å². The number of hydrogen-bond acceptors (Lipinski definition) is 3. The number of carbonyl (C=O) groups is 1. The minimum absolute atomic E-state index is 0.0522. The van der Waals surface area contributed by atoms with E-state index >= 15 is 0 Å². The molecule has 27 heavy (non-hydrogen) atoms. The third-order valence-corrected chi connectivity index (χ3v) is 4.71. The molecule has 0 spiro atoms. The summed E-state index contributed by atoms with van der Waals surface area (Å²) in [5.41, 5.74) is 4.73. The van der Waals surface area contributed by atoms with E-state index in [4.69, 9.17) is 0 Å². The van der Waals surface area contributed by atoms with Gasteiger partial charge in [0.25, 0.3) is 5.91 Å². The van der Waals surface area contributed by atoms with Gasteiger partial charge in [0.2, 0.25) is 0 Å². The molecule has 0 unspecified atom stereocenters. The number of aromatic hydroxyl groups is 1. The molecule has 0 heterocycles. The molecule has 138 valence electrons. The molecule has 0 fully saturated rings. The highest BCUT2D eigenvalue weighted by atomic mass is 16.3. The smallest absolute Gasteiger partial charge is 0.275 e. The number of amides is 1. The Labute approximate surface area is 159 Å². The maximum absolute atomic E-state index is 12.5. The number of rotatable bonds is 5. The number of benzene rings is 3. The molecule has 0 radical (unpaired) electrons. The molecule has 2 N–H and O–H groups in total. The highest BCUT2D eigenvalue weighted by Gasteiger charge is 2.21. The van der Waals surface area contributed by atoms with E-state index in [1.807, 2.05) is 49.4 Å². The number of phenolic OH excluding ortho intramolecular Hbond substituents is 1. The van der Waals surface area contributed by atoms with Gasteiger partial charge in [-0.05, 0) is 47.2 Å². The summed E-state index contributed by atoms with van der Waals surface area (Å²) in [4.78, 5) is 12.5. The number of nitrogens with one attached hydrogen (secondary N) is 1. The molecular weight excluding hydrogens is 336 g/mol. The van der Waals surface area contributed by atoms with Crippen LogP contribution in [-0.2, 0) is 5.41 Å². The summed E-state index contributed by atoms with van der Waals surface area (Å²) < 4.78 is 0. The zero-order chi connectivity index (χ0) is 19.4. The van der Waals surface area contributed by atoms with E-state index in [-0.39, 0.29) is 16.7 Å². The van der Waals surface area contributed by atoms with Crippen LogP contribution in [-0.4, -0.2) is 16.7 Å². The van der Waals surface area contributed by atoms with Crippen molar-refractivity contribution in [2.24, 2.45) is 5.10 Å². The first-order chi connectivity index (χ1) is 12.9. The lowest BCUT2D eigenvalue weighted by atomic mass is 9.80. The lowest BCUT2D eigenvalue weighted by Gasteiger charge is -2.25. The Hall–Kier alpha value is -3.14.